The predicted octanol–water partition coefficient (Wildman–Crippen LogP) is -1.27. The summed E-state index contributed by atoms with van der Waals surface area (Å²) in [7, 11) is 0. The van der Waals surface area contributed by atoms with E-state index < -0.39 is 18.1 Å². The van der Waals surface area contributed by atoms with Crippen molar-refractivity contribution >= 4 is 29.0 Å². The summed E-state index contributed by atoms with van der Waals surface area (Å²) in [4.78, 5) is 10.4. The van der Waals surface area contributed by atoms with Crippen molar-refractivity contribution < 1.29 is 48.5 Å². The van der Waals surface area contributed by atoms with E-state index in [9.17, 15) is 26.7 Å². The average molecular weight is 321 g/mol. The molecule has 0 aromatic rings. The summed E-state index contributed by atoms with van der Waals surface area (Å²) in [5, 5.41) is 0. The first kappa shape index (κ1) is 21.4. The van der Waals surface area contributed by atoms with E-state index in [0.29, 0.717) is 6.08 Å². The molecule has 0 aliphatic carbocycles. The van der Waals surface area contributed by atoms with Crippen LogP contribution in [0.4, 0.5) is 22.0 Å². The first-order chi connectivity index (χ1) is 6.20. The normalized spacial score (nSPS) is 11.6. The minimum Gasteiger partial charge on any atom is -1.00 e. The summed E-state index contributed by atoms with van der Waals surface area (Å²) < 4.78 is 62.7. The van der Waals surface area contributed by atoms with Gasteiger partial charge in [0.05, 0.1) is 6.61 Å². The van der Waals surface area contributed by atoms with Crippen LogP contribution in [0.1, 0.15) is 6.92 Å². The van der Waals surface area contributed by atoms with E-state index >= 15 is 0 Å². The van der Waals surface area contributed by atoms with Gasteiger partial charge in [-0.2, -0.15) is 25.3 Å². The zero-order valence-electron chi connectivity index (χ0n) is 8.08. The number of carbonyl (C=O) groups excluding carboxylic acids is 1. The quantitative estimate of drug-likeness (QED) is 0.213. The second-order valence-electron chi connectivity index (χ2n) is 2.11. The van der Waals surface area contributed by atoms with Crippen molar-refractivity contribution in [3.63, 3.8) is 0 Å². The molecule has 0 N–H and O–H groups in total. The third kappa shape index (κ3) is 7.39. The first-order valence-electron chi connectivity index (χ1n) is 3.43. The Morgan fingerprint density at radius 1 is 1.31 bits per heavy atom. The van der Waals surface area contributed by atoms with Crippen LogP contribution in [0.2, 0.25) is 0 Å². The Kier molecular flexibility index (Phi) is 11.0. The first-order valence-corrected chi connectivity index (χ1v) is 3.43. The van der Waals surface area contributed by atoms with E-state index in [0.717, 1.165) is 0 Å². The van der Waals surface area contributed by atoms with Gasteiger partial charge in [-0.1, -0.05) is 0 Å². The van der Waals surface area contributed by atoms with Crippen LogP contribution in [-0.4, -0.2) is 47.7 Å². The van der Waals surface area contributed by atoms with E-state index in [1.54, 1.807) is 0 Å². The monoisotopic (exact) mass is 320 g/mol. The van der Waals surface area contributed by atoms with Crippen LogP contribution in [0, 0.1) is 6.08 Å². The number of carbonyl (C=O) groups is 1. The Bertz CT molecular complexity index is 241. The molecule has 0 aliphatic heterocycles. The van der Waals surface area contributed by atoms with Crippen LogP contribution in [0.5, 0.6) is 0 Å². The van der Waals surface area contributed by atoms with Gasteiger partial charge >= 0.3 is 29.2 Å². The van der Waals surface area contributed by atoms with Crippen LogP contribution in [0.25, 0.3) is 0 Å². The molecule has 0 saturated carbocycles. The SMILES string of the molecule is CCOC(=O)C=[C-]C(F)(F)C(F)(F)F.[Br-].[Mg+2]. The Hall–Kier alpha value is 0.106. The van der Waals surface area contributed by atoms with E-state index in [2.05, 4.69) is 4.74 Å². The van der Waals surface area contributed by atoms with Crippen LogP contribution >= 0.6 is 0 Å². The third-order valence-electron chi connectivity index (χ3n) is 1.01. The summed E-state index contributed by atoms with van der Waals surface area (Å²) in [6, 6.07) is 0. The standard InChI is InChI=1S/C7H6F5O2.BrH.Mg/c1-2-14-5(13)3-4-6(8,9)7(10,11)12;;/h3H,2H2,1H3;1H;/q-1;;+2/p-1. The number of rotatable bonds is 3. The van der Waals surface area contributed by atoms with E-state index in [-0.39, 0.29) is 52.7 Å². The summed E-state index contributed by atoms with van der Waals surface area (Å²) in [5.74, 6) is -6.43. The number of ether oxygens (including phenoxy) is 1. The molecule has 16 heavy (non-hydrogen) atoms. The zero-order chi connectivity index (χ0) is 11.4. The number of halogens is 6. The second kappa shape index (κ2) is 8.23. The van der Waals surface area contributed by atoms with Gasteiger partial charge in [-0.3, -0.25) is 0 Å². The van der Waals surface area contributed by atoms with Crippen molar-refractivity contribution in [2.75, 3.05) is 6.61 Å². The van der Waals surface area contributed by atoms with Gasteiger partial charge in [-0.05, 0) is 6.92 Å². The van der Waals surface area contributed by atoms with Crippen molar-refractivity contribution in [1.29, 1.82) is 0 Å². The molecule has 0 aliphatic rings. The van der Waals surface area contributed by atoms with Crippen molar-refractivity contribution in [3.05, 3.63) is 12.2 Å². The Morgan fingerprint density at radius 2 is 1.75 bits per heavy atom. The van der Waals surface area contributed by atoms with Crippen LogP contribution in [0.15, 0.2) is 6.08 Å². The number of esters is 1. The molecule has 2 nitrogen and oxygen atoms in total. The van der Waals surface area contributed by atoms with Gasteiger partial charge in [0.2, 0.25) is 0 Å². The molecule has 0 aromatic heterocycles. The van der Waals surface area contributed by atoms with Crippen molar-refractivity contribution in [2.24, 2.45) is 0 Å². The molecule has 0 heterocycles. The minimum atomic E-state index is -5.75. The zero-order valence-corrected chi connectivity index (χ0v) is 11.1. The van der Waals surface area contributed by atoms with Gasteiger partial charge in [0.1, 0.15) is 0 Å². The van der Waals surface area contributed by atoms with Gasteiger partial charge in [0.15, 0.2) is 5.97 Å². The minimum absolute atomic E-state index is 0. The number of hydrogen-bond donors (Lipinski definition) is 0. The Morgan fingerprint density at radius 3 is 2.06 bits per heavy atom. The van der Waals surface area contributed by atoms with E-state index in [4.69, 9.17) is 0 Å². The summed E-state index contributed by atoms with van der Waals surface area (Å²) in [5.41, 5.74) is 0. The summed E-state index contributed by atoms with van der Waals surface area (Å²) in [6.07, 6.45) is -5.20. The van der Waals surface area contributed by atoms with Crippen molar-refractivity contribution in [1.82, 2.24) is 0 Å². The fourth-order valence-electron chi connectivity index (χ4n) is 0.415. The Labute approximate surface area is 115 Å². The molecule has 0 radical (unpaired) electrons. The number of allylic oxidation sites excluding steroid dienone is 1. The van der Waals surface area contributed by atoms with Gasteiger partial charge < -0.3 is 26.5 Å². The topological polar surface area (TPSA) is 26.3 Å². The predicted molar refractivity (Wildman–Crippen MR) is 41.2 cm³/mol. The second-order valence-corrected chi connectivity index (χ2v) is 2.11. The third-order valence-corrected chi connectivity index (χ3v) is 1.01. The number of hydrogen-bond acceptors (Lipinski definition) is 2. The molecule has 0 amide bonds. The number of alkyl halides is 5. The van der Waals surface area contributed by atoms with Crippen LogP contribution in [0.3, 0.4) is 0 Å². The maximum absolute atomic E-state index is 12.1. The molecule has 9 heteroatoms. The molecule has 0 aromatic carbocycles. The molecule has 0 fully saturated rings. The summed E-state index contributed by atoms with van der Waals surface area (Å²) in [6.45, 7) is 1.27. The molecule has 0 unspecified atom stereocenters. The maximum Gasteiger partial charge on any atom is 2.00 e. The Balaban J connectivity index is -0.000000845. The maximum atomic E-state index is 12.1. The van der Waals surface area contributed by atoms with Crippen LogP contribution < -0.4 is 17.0 Å². The fraction of sp³-hybridized carbons (Fsp3) is 0.571. The van der Waals surface area contributed by atoms with Crippen molar-refractivity contribution in [2.45, 2.75) is 19.0 Å². The molecular weight excluding hydrogens is 315 g/mol. The molecule has 0 bridgehead atoms. The van der Waals surface area contributed by atoms with E-state index in [1.807, 2.05) is 0 Å². The van der Waals surface area contributed by atoms with Gasteiger partial charge in [-0.15, -0.1) is 0 Å². The summed E-state index contributed by atoms with van der Waals surface area (Å²) >= 11 is 0. The molecule has 0 saturated heterocycles. The smallest absolute Gasteiger partial charge is 1.00 e. The van der Waals surface area contributed by atoms with Crippen molar-refractivity contribution in [3.8, 4) is 0 Å². The van der Waals surface area contributed by atoms with Gasteiger partial charge in [0.25, 0.3) is 5.92 Å². The molecule has 90 valence electrons. The molecule has 0 rings (SSSR count). The van der Waals surface area contributed by atoms with Crippen LogP contribution in [-0.2, 0) is 9.53 Å². The van der Waals surface area contributed by atoms with E-state index in [1.165, 1.54) is 6.92 Å². The average Bonchev–Trinajstić information content (AvgIpc) is 1.99. The molecule has 0 spiro atoms. The fourth-order valence-corrected chi connectivity index (χ4v) is 0.415. The van der Waals surface area contributed by atoms with Gasteiger partial charge in [-0.25, -0.2) is 8.78 Å². The largest absolute Gasteiger partial charge is 2.00 e. The van der Waals surface area contributed by atoms with Gasteiger partial charge in [0, 0.05) is 0 Å². The molecular formula is C7H6BrF5MgO2. The molecule has 0 atom stereocenters.